The van der Waals surface area contributed by atoms with Crippen LogP contribution in [0, 0.1) is 0 Å². The average molecular weight is 368 g/mol. The fraction of sp³-hybridized carbons (Fsp3) is 0.333. The van der Waals surface area contributed by atoms with Crippen LogP contribution in [0.5, 0.6) is 17.2 Å². The molecule has 142 valence electrons. The Balaban J connectivity index is 1.52. The number of ether oxygens (including phenoxy) is 3. The summed E-state index contributed by atoms with van der Waals surface area (Å²) in [6.45, 7) is 8.38. The third kappa shape index (κ3) is 4.78. The van der Waals surface area contributed by atoms with Crippen molar-refractivity contribution in [3.63, 3.8) is 0 Å². The molecule has 0 spiro atoms. The second-order valence-electron chi connectivity index (χ2n) is 7.36. The quantitative estimate of drug-likeness (QED) is 0.646. The molecule has 1 aliphatic rings. The van der Waals surface area contributed by atoms with Crippen LogP contribution < -0.4 is 19.6 Å². The lowest BCUT2D eigenvalue weighted by atomic mass is 9.87. The highest BCUT2D eigenvalue weighted by molar-refractivity contribution is 5.99. The Morgan fingerprint density at radius 1 is 1.11 bits per heavy atom. The van der Waals surface area contributed by atoms with E-state index in [0.717, 1.165) is 5.56 Å². The number of fused-ring (bicyclic) bond motifs is 1. The lowest BCUT2D eigenvalue weighted by Gasteiger charge is -2.19. The Kier molecular flexibility index (Phi) is 5.35. The van der Waals surface area contributed by atoms with Crippen LogP contribution in [0.1, 0.15) is 38.8 Å². The van der Waals surface area contributed by atoms with Crippen molar-refractivity contribution < 1.29 is 19.0 Å². The monoisotopic (exact) mass is 368 g/mol. The maximum absolute atomic E-state index is 12.0. The zero-order chi connectivity index (χ0) is 19.4. The summed E-state index contributed by atoms with van der Waals surface area (Å²) in [7, 11) is 0. The third-order valence-electron chi connectivity index (χ3n) is 4.23. The summed E-state index contributed by atoms with van der Waals surface area (Å²) in [5, 5.41) is 4.12. The molecule has 1 heterocycles. The lowest BCUT2D eigenvalue weighted by molar-refractivity contribution is -0.123. The number of nitrogens with zero attached hydrogens (tertiary/aromatic N) is 1. The summed E-state index contributed by atoms with van der Waals surface area (Å²) in [6, 6.07) is 13.3. The zero-order valence-electron chi connectivity index (χ0n) is 16.0. The van der Waals surface area contributed by atoms with Crippen LogP contribution in [-0.2, 0) is 10.2 Å². The third-order valence-corrected chi connectivity index (χ3v) is 4.23. The molecule has 6 nitrogen and oxygen atoms in total. The van der Waals surface area contributed by atoms with Gasteiger partial charge in [0.2, 0.25) is 6.79 Å². The van der Waals surface area contributed by atoms with E-state index in [9.17, 15) is 4.79 Å². The molecule has 27 heavy (non-hydrogen) atoms. The van der Waals surface area contributed by atoms with Crippen molar-refractivity contribution in [1.29, 1.82) is 0 Å². The molecule has 0 saturated heterocycles. The predicted molar refractivity (Wildman–Crippen MR) is 104 cm³/mol. The molecule has 0 radical (unpaired) electrons. The van der Waals surface area contributed by atoms with Gasteiger partial charge in [0.1, 0.15) is 5.75 Å². The Hall–Kier alpha value is -3.02. The van der Waals surface area contributed by atoms with Crippen LogP contribution >= 0.6 is 0 Å². The van der Waals surface area contributed by atoms with Crippen LogP contribution in [0.2, 0.25) is 0 Å². The minimum absolute atomic E-state index is 0.0802. The molecule has 0 atom stereocenters. The maximum Gasteiger partial charge on any atom is 0.277 e. The maximum atomic E-state index is 12.0. The van der Waals surface area contributed by atoms with Crippen LogP contribution in [0.3, 0.4) is 0 Å². The minimum atomic E-state index is -0.324. The van der Waals surface area contributed by atoms with Gasteiger partial charge < -0.3 is 14.2 Å². The Labute approximate surface area is 159 Å². The number of nitrogens with one attached hydrogen (secondary N) is 1. The molecule has 2 aromatic rings. The van der Waals surface area contributed by atoms with Crippen LogP contribution in [0.4, 0.5) is 0 Å². The van der Waals surface area contributed by atoms with Crippen molar-refractivity contribution in [3.05, 3.63) is 53.6 Å². The SMILES string of the molecule is C/C(=N/NC(=O)COc1ccc(C(C)(C)C)cc1)c1ccc2c(c1)OCO2. The van der Waals surface area contributed by atoms with E-state index in [1.165, 1.54) is 5.56 Å². The molecule has 2 aromatic carbocycles. The highest BCUT2D eigenvalue weighted by Gasteiger charge is 2.15. The number of benzene rings is 2. The van der Waals surface area contributed by atoms with Crippen LogP contribution in [-0.4, -0.2) is 25.0 Å². The second kappa shape index (κ2) is 7.70. The Morgan fingerprint density at radius 3 is 2.52 bits per heavy atom. The first-order chi connectivity index (χ1) is 12.8. The second-order valence-corrected chi connectivity index (χ2v) is 7.36. The molecule has 0 fully saturated rings. The summed E-state index contributed by atoms with van der Waals surface area (Å²) in [5.41, 5.74) is 5.31. The summed E-state index contributed by atoms with van der Waals surface area (Å²) in [4.78, 5) is 12.0. The van der Waals surface area contributed by atoms with Gasteiger partial charge in [0.25, 0.3) is 5.91 Å². The molecule has 1 aliphatic heterocycles. The average Bonchev–Trinajstić information content (AvgIpc) is 3.11. The molecule has 3 rings (SSSR count). The predicted octanol–water partition coefficient (Wildman–Crippen LogP) is 3.63. The van der Waals surface area contributed by atoms with E-state index >= 15 is 0 Å². The first-order valence-corrected chi connectivity index (χ1v) is 8.79. The molecule has 0 unspecified atom stereocenters. The van der Waals surface area contributed by atoms with Gasteiger partial charge in [-0.2, -0.15) is 5.10 Å². The van der Waals surface area contributed by atoms with Crippen molar-refractivity contribution in [2.75, 3.05) is 13.4 Å². The highest BCUT2D eigenvalue weighted by Crippen LogP contribution is 2.32. The van der Waals surface area contributed by atoms with Gasteiger partial charge in [0.05, 0.1) is 5.71 Å². The van der Waals surface area contributed by atoms with E-state index in [1.54, 1.807) is 0 Å². The molecular formula is C21H24N2O4. The normalized spacial score (nSPS) is 13.4. The first-order valence-electron chi connectivity index (χ1n) is 8.79. The Bertz CT molecular complexity index is 851. The van der Waals surface area contributed by atoms with Crippen molar-refractivity contribution in [3.8, 4) is 17.2 Å². The number of carbonyl (C=O) groups excluding carboxylic acids is 1. The van der Waals surface area contributed by atoms with Crippen molar-refractivity contribution in [2.24, 2.45) is 5.10 Å². The van der Waals surface area contributed by atoms with Gasteiger partial charge in [-0.05, 0) is 48.2 Å². The smallest absolute Gasteiger partial charge is 0.277 e. The fourth-order valence-corrected chi connectivity index (χ4v) is 2.56. The van der Waals surface area contributed by atoms with E-state index in [2.05, 4.69) is 31.3 Å². The van der Waals surface area contributed by atoms with E-state index in [4.69, 9.17) is 14.2 Å². The summed E-state index contributed by atoms with van der Waals surface area (Å²) >= 11 is 0. The van der Waals surface area contributed by atoms with Gasteiger partial charge in [-0.3, -0.25) is 4.79 Å². The number of hydrazone groups is 1. The lowest BCUT2D eigenvalue weighted by Crippen LogP contribution is -2.25. The number of hydrogen-bond acceptors (Lipinski definition) is 5. The van der Waals surface area contributed by atoms with Gasteiger partial charge >= 0.3 is 0 Å². The Morgan fingerprint density at radius 2 is 1.81 bits per heavy atom. The molecule has 0 aromatic heterocycles. The van der Waals surface area contributed by atoms with Gasteiger partial charge in [-0.15, -0.1) is 0 Å². The summed E-state index contributed by atoms with van der Waals surface area (Å²) in [6.07, 6.45) is 0. The highest BCUT2D eigenvalue weighted by atomic mass is 16.7. The number of carbonyl (C=O) groups is 1. The molecule has 1 amide bonds. The van der Waals surface area contributed by atoms with E-state index < -0.39 is 0 Å². The number of rotatable bonds is 5. The van der Waals surface area contributed by atoms with Crippen molar-refractivity contribution in [2.45, 2.75) is 33.1 Å². The minimum Gasteiger partial charge on any atom is -0.484 e. The summed E-state index contributed by atoms with van der Waals surface area (Å²) in [5.74, 6) is 1.71. The molecule has 0 bridgehead atoms. The van der Waals surface area contributed by atoms with Crippen LogP contribution in [0.25, 0.3) is 0 Å². The van der Waals surface area contributed by atoms with Crippen molar-refractivity contribution >= 4 is 11.6 Å². The van der Waals surface area contributed by atoms with Gasteiger partial charge in [0, 0.05) is 5.56 Å². The molecule has 1 N–H and O–H groups in total. The molecule has 0 aliphatic carbocycles. The van der Waals surface area contributed by atoms with Crippen LogP contribution in [0.15, 0.2) is 47.6 Å². The largest absolute Gasteiger partial charge is 0.484 e. The number of amides is 1. The summed E-state index contributed by atoms with van der Waals surface area (Å²) < 4.78 is 16.1. The van der Waals surface area contributed by atoms with E-state index in [-0.39, 0.29) is 24.7 Å². The van der Waals surface area contributed by atoms with Gasteiger partial charge in [-0.1, -0.05) is 32.9 Å². The zero-order valence-corrected chi connectivity index (χ0v) is 16.0. The van der Waals surface area contributed by atoms with E-state index in [1.807, 2.05) is 49.4 Å². The molecular weight excluding hydrogens is 344 g/mol. The standard InChI is InChI=1S/C21H24N2O4/c1-14(15-5-10-18-19(11-15)27-13-26-18)22-23-20(24)12-25-17-8-6-16(7-9-17)21(2,3)4/h5-11H,12-13H2,1-4H3,(H,23,24)/b22-14-. The van der Waals surface area contributed by atoms with Gasteiger partial charge in [0.15, 0.2) is 18.1 Å². The van der Waals surface area contributed by atoms with Crippen molar-refractivity contribution in [1.82, 2.24) is 5.43 Å². The fourth-order valence-electron chi connectivity index (χ4n) is 2.56. The molecule has 6 heteroatoms. The van der Waals surface area contributed by atoms with Gasteiger partial charge in [-0.25, -0.2) is 5.43 Å². The molecule has 0 saturated carbocycles. The van der Waals surface area contributed by atoms with E-state index in [0.29, 0.717) is 23.0 Å². The first kappa shape index (κ1) is 18.8. The number of hydrogen-bond donors (Lipinski definition) is 1. The topological polar surface area (TPSA) is 69.2 Å².